The molecule has 2 aromatic heterocycles. The van der Waals surface area contributed by atoms with E-state index in [-0.39, 0.29) is 5.69 Å². The molecule has 1 aromatic carbocycles. The molecular formula is C14H14N4O. The van der Waals surface area contributed by atoms with Crippen molar-refractivity contribution in [3.63, 3.8) is 0 Å². The van der Waals surface area contributed by atoms with Crippen molar-refractivity contribution >= 4 is 0 Å². The van der Waals surface area contributed by atoms with Crippen molar-refractivity contribution in [2.45, 2.75) is 6.42 Å². The topological polar surface area (TPSA) is 55.6 Å². The molecule has 1 N–H and O–H groups in total. The lowest BCUT2D eigenvalue weighted by Gasteiger charge is -2.06. The predicted octanol–water partition coefficient (Wildman–Crippen LogP) is 1.49. The normalized spacial score (nSPS) is 10.8. The fourth-order valence-electron chi connectivity index (χ4n) is 2.13. The highest BCUT2D eigenvalue weighted by atomic mass is 16.1. The number of aromatic nitrogens is 4. The summed E-state index contributed by atoms with van der Waals surface area (Å²) in [6.07, 6.45) is 2.59. The zero-order valence-electron chi connectivity index (χ0n) is 10.6. The first-order valence-corrected chi connectivity index (χ1v) is 6.07. The van der Waals surface area contributed by atoms with Crippen LogP contribution in [0.4, 0.5) is 0 Å². The van der Waals surface area contributed by atoms with Gasteiger partial charge in [0.15, 0.2) is 0 Å². The van der Waals surface area contributed by atoms with Crippen LogP contribution in [0.5, 0.6) is 0 Å². The van der Waals surface area contributed by atoms with Gasteiger partial charge in [0.25, 0.3) is 0 Å². The van der Waals surface area contributed by atoms with Crippen molar-refractivity contribution in [3.8, 4) is 5.69 Å². The van der Waals surface area contributed by atoms with Crippen molar-refractivity contribution < 1.29 is 0 Å². The minimum Gasteiger partial charge on any atom is -0.354 e. The molecule has 0 spiro atoms. The van der Waals surface area contributed by atoms with Gasteiger partial charge in [-0.3, -0.25) is 0 Å². The van der Waals surface area contributed by atoms with Crippen LogP contribution in [0.25, 0.3) is 5.69 Å². The molecule has 3 aromatic rings. The van der Waals surface area contributed by atoms with E-state index in [0.29, 0.717) is 12.2 Å². The van der Waals surface area contributed by atoms with E-state index in [9.17, 15) is 4.79 Å². The van der Waals surface area contributed by atoms with Crippen molar-refractivity contribution in [2.75, 3.05) is 0 Å². The van der Waals surface area contributed by atoms with Crippen LogP contribution in [0, 0.1) is 0 Å². The molecule has 2 heterocycles. The average Bonchev–Trinajstić information content (AvgIpc) is 2.98. The SMILES string of the molecule is Cn1cccc1Cc1n[nH]c(=O)n1-c1ccccc1. The maximum atomic E-state index is 11.9. The third kappa shape index (κ3) is 2.10. The fourth-order valence-corrected chi connectivity index (χ4v) is 2.13. The highest BCUT2D eigenvalue weighted by molar-refractivity contribution is 5.32. The number of rotatable bonds is 3. The molecule has 0 amide bonds. The smallest absolute Gasteiger partial charge is 0.347 e. The van der Waals surface area contributed by atoms with Gasteiger partial charge in [0.2, 0.25) is 0 Å². The van der Waals surface area contributed by atoms with Crippen LogP contribution in [0.15, 0.2) is 53.5 Å². The molecule has 0 radical (unpaired) electrons. The van der Waals surface area contributed by atoms with E-state index in [4.69, 9.17) is 0 Å². The Morgan fingerprint density at radius 2 is 1.95 bits per heavy atom. The molecule has 0 fully saturated rings. The van der Waals surface area contributed by atoms with Crippen LogP contribution >= 0.6 is 0 Å². The van der Waals surface area contributed by atoms with Gasteiger partial charge >= 0.3 is 5.69 Å². The summed E-state index contributed by atoms with van der Waals surface area (Å²) in [5.74, 6) is 0.706. The Kier molecular flexibility index (Phi) is 2.79. The monoisotopic (exact) mass is 254 g/mol. The third-order valence-electron chi connectivity index (χ3n) is 3.15. The van der Waals surface area contributed by atoms with E-state index >= 15 is 0 Å². The molecule has 0 aliphatic heterocycles. The molecule has 0 saturated heterocycles. The van der Waals surface area contributed by atoms with Crippen LogP contribution in [-0.4, -0.2) is 19.3 Å². The molecule has 5 heteroatoms. The van der Waals surface area contributed by atoms with E-state index < -0.39 is 0 Å². The summed E-state index contributed by atoms with van der Waals surface area (Å²) in [5, 5.41) is 6.64. The summed E-state index contributed by atoms with van der Waals surface area (Å²) in [6.45, 7) is 0. The van der Waals surface area contributed by atoms with Crippen LogP contribution in [-0.2, 0) is 13.5 Å². The van der Waals surface area contributed by atoms with E-state index in [1.54, 1.807) is 4.57 Å². The van der Waals surface area contributed by atoms with Crippen LogP contribution in [0.1, 0.15) is 11.5 Å². The molecule has 5 nitrogen and oxygen atoms in total. The van der Waals surface area contributed by atoms with Gasteiger partial charge in [0.1, 0.15) is 5.82 Å². The Hall–Kier alpha value is -2.56. The third-order valence-corrected chi connectivity index (χ3v) is 3.15. The van der Waals surface area contributed by atoms with Gasteiger partial charge in [0.05, 0.1) is 5.69 Å². The van der Waals surface area contributed by atoms with Crippen molar-refractivity contribution in [3.05, 3.63) is 70.7 Å². The minimum absolute atomic E-state index is 0.213. The van der Waals surface area contributed by atoms with E-state index in [1.165, 1.54) is 0 Å². The summed E-state index contributed by atoms with van der Waals surface area (Å²) in [7, 11) is 1.98. The summed E-state index contributed by atoms with van der Waals surface area (Å²) in [4.78, 5) is 11.9. The molecule has 96 valence electrons. The summed E-state index contributed by atoms with van der Waals surface area (Å²) in [5.41, 5.74) is 1.72. The lowest BCUT2D eigenvalue weighted by molar-refractivity contribution is 0.804. The minimum atomic E-state index is -0.213. The molecule has 0 bridgehead atoms. The van der Waals surface area contributed by atoms with Gasteiger partial charge in [-0.05, 0) is 24.3 Å². The molecule has 0 aliphatic carbocycles. The average molecular weight is 254 g/mol. The second kappa shape index (κ2) is 4.61. The van der Waals surface area contributed by atoms with Crippen molar-refractivity contribution in [2.24, 2.45) is 7.05 Å². The van der Waals surface area contributed by atoms with Gasteiger partial charge in [-0.2, -0.15) is 5.10 Å². The number of H-pyrrole nitrogens is 1. The molecule has 19 heavy (non-hydrogen) atoms. The molecule has 0 unspecified atom stereocenters. The number of hydrogen-bond acceptors (Lipinski definition) is 2. The van der Waals surface area contributed by atoms with E-state index in [1.807, 2.05) is 60.3 Å². The maximum absolute atomic E-state index is 11.9. The number of nitrogens with zero attached hydrogens (tertiary/aromatic N) is 3. The van der Waals surface area contributed by atoms with Gasteiger partial charge < -0.3 is 4.57 Å². The van der Waals surface area contributed by atoms with E-state index in [2.05, 4.69) is 10.2 Å². The van der Waals surface area contributed by atoms with Crippen molar-refractivity contribution in [1.82, 2.24) is 19.3 Å². The fraction of sp³-hybridized carbons (Fsp3) is 0.143. The zero-order chi connectivity index (χ0) is 13.2. The highest BCUT2D eigenvalue weighted by Crippen LogP contribution is 2.10. The summed E-state index contributed by atoms with van der Waals surface area (Å²) in [6, 6.07) is 13.5. The number of para-hydroxylation sites is 1. The Balaban J connectivity index is 2.05. The van der Waals surface area contributed by atoms with Gasteiger partial charge in [-0.1, -0.05) is 18.2 Å². The van der Waals surface area contributed by atoms with Crippen LogP contribution < -0.4 is 5.69 Å². The number of hydrogen-bond donors (Lipinski definition) is 1. The molecule has 0 saturated carbocycles. The highest BCUT2D eigenvalue weighted by Gasteiger charge is 2.11. The zero-order valence-corrected chi connectivity index (χ0v) is 10.6. The Labute approximate surface area is 110 Å². The second-order valence-electron chi connectivity index (χ2n) is 4.40. The lowest BCUT2D eigenvalue weighted by Crippen LogP contribution is -2.17. The number of benzene rings is 1. The van der Waals surface area contributed by atoms with Crippen molar-refractivity contribution in [1.29, 1.82) is 0 Å². The lowest BCUT2D eigenvalue weighted by atomic mass is 10.2. The first-order valence-electron chi connectivity index (χ1n) is 6.07. The molecule has 0 atom stereocenters. The van der Waals surface area contributed by atoms with Gasteiger partial charge in [0, 0.05) is 25.4 Å². The standard InChI is InChI=1S/C14H14N4O/c1-17-9-5-8-12(17)10-13-15-16-14(19)18(13)11-6-3-2-4-7-11/h2-9H,10H2,1H3,(H,16,19). The number of nitrogens with one attached hydrogen (secondary N) is 1. The van der Waals surface area contributed by atoms with Gasteiger partial charge in [-0.15, -0.1) is 0 Å². The van der Waals surface area contributed by atoms with Crippen LogP contribution in [0.3, 0.4) is 0 Å². The molecule has 0 aliphatic rings. The Morgan fingerprint density at radius 1 is 1.16 bits per heavy atom. The Morgan fingerprint density at radius 3 is 2.63 bits per heavy atom. The molecule has 3 rings (SSSR count). The second-order valence-corrected chi connectivity index (χ2v) is 4.40. The van der Waals surface area contributed by atoms with Crippen LogP contribution in [0.2, 0.25) is 0 Å². The number of aromatic amines is 1. The predicted molar refractivity (Wildman–Crippen MR) is 72.4 cm³/mol. The number of aryl methyl sites for hydroxylation is 1. The summed E-state index contributed by atoms with van der Waals surface area (Å²) < 4.78 is 3.63. The van der Waals surface area contributed by atoms with E-state index in [0.717, 1.165) is 11.4 Å². The maximum Gasteiger partial charge on any atom is 0.347 e. The quantitative estimate of drug-likeness (QED) is 0.770. The van der Waals surface area contributed by atoms with Gasteiger partial charge in [-0.25, -0.2) is 14.5 Å². The molecular weight excluding hydrogens is 240 g/mol. The largest absolute Gasteiger partial charge is 0.354 e. The summed E-state index contributed by atoms with van der Waals surface area (Å²) >= 11 is 0. The first-order chi connectivity index (χ1) is 9.25. The first kappa shape index (κ1) is 11.5. The Bertz CT molecular complexity index is 736.